The molecule has 6 heteroatoms. The lowest BCUT2D eigenvalue weighted by molar-refractivity contribution is 0.0200. The van der Waals surface area contributed by atoms with E-state index in [0.29, 0.717) is 25.7 Å². The van der Waals surface area contributed by atoms with E-state index in [0.717, 1.165) is 24.3 Å². The number of carbonyl (C=O) groups is 1. The third kappa shape index (κ3) is 5.82. The fraction of sp³-hybridized carbons (Fsp3) is 0.778. The van der Waals surface area contributed by atoms with Crippen molar-refractivity contribution in [2.45, 2.75) is 72.6 Å². The van der Waals surface area contributed by atoms with Crippen molar-refractivity contribution in [3.63, 3.8) is 0 Å². The van der Waals surface area contributed by atoms with Crippen LogP contribution >= 0.6 is 0 Å². The van der Waals surface area contributed by atoms with Crippen LogP contribution in [0.4, 0.5) is 4.79 Å². The van der Waals surface area contributed by atoms with Gasteiger partial charge < -0.3 is 19.5 Å². The molecule has 1 amide bonds. The van der Waals surface area contributed by atoms with Gasteiger partial charge in [0.15, 0.2) is 0 Å². The number of aromatic nitrogens is 1. The normalized spacial score (nSPS) is 21.4. The Morgan fingerprint density at radius 1 is 1.50 bits per heavy atom. The minimum Gasteiger partial charge on any atom is -0.444 e. The minimum absolute atomic E-state index is 0.0326. The monoisotopic (exact) mass is 337 g/mol. The van der Waals surface area contributed by atoms with Crippen LogP contribution in [-0.2, 0) is 11.3 Å². The van der Waals surface area contributed by atoms with Crippen LogP contribution in [0, 0.1) is 12.3 Å². The first-order chi connectivity index (χ1) is 11.0. The minimum atomic E-state index is -0.462. The Bertz CT molecular complexity index is 560. The molecular weight excluding hydrogens is 306 g/mol. The predicted octanol–water partition coefficient (Wildman–Crippen LogP) is 3.50. The molecule has 2 heterocycles. The van der Waals surface area contributed by atoms with Crippen LogP contribution in [0.15, 0.2) is 10.6 Å². The van der Waals surface area contributed by atoms with Crippen LogP contribution in [-0.4, -0.2) is 40.9 Å². The van der Waals surface area contributed by atoms with Crippen molar-refractivity contribution in [2.24, 2.45) is 5.41 Å². The number of nitrogens with zero attached hydrogens (tertiary/aromatic N) is 2. The van der Waals surface area contributed by atoms with Gasteiger partial charge in [0.1, 0.15) is 11.4 Å². The molecule has 1 aromatic rings. The quantitative estimate of drug-likeness (QED) is 0.914. The number of carbonyl (C=O) groups excluding carboxylic acids is 1. The third-order valence-corrected chi connectivity index (χ3v) is 4.07. The fourth-order valence-electron chi connectivity index (χ4n) is 3.15. The maximum absolute atomic E-state index is 12.4. The lowest BCUT2D eigenvalue weighted by Crippen LogP contribution is -2.41. The average molecular weight is 337 g/mol. The highest BCUT2D eigenvalue weighted by molar-refractivity contribution is 5.68. The van der Waals surface area contributed by atoms with E-state index in [4.69, 9.17) is 9.26 Å². The standard InChI is InChI=1S/C18H31N3O3/c1-13-9-15(20-24-13)11-19-14-7-8-21(12-18(5,6)10-14)16(22)23-17(2,3)4/h9,14,19H,7-8,10-12H2,1-6H3. The Hall–Kier alpha value is -1.56. The molecular formula is C18H31N3O3. The molecule has 0 saturated carbocycles. The summed E-state index contributed by atoms with van der Waals surface area (Å²) in [6.07, 6.45) is 1.69. The Labute approximate surface area is 144 Å². The lowest BCUT2D eigenvalue weighted by atomic mass is 9.86. The van der Waals surface area contributed by atoms with E-state index in [9.17, 15) is 4.79 Å². The molecule has 1 aliphatic rings. The summed E-state index contributed by atoms with van der Waals surface area (Å²) in [4.78, 5) is 14.2. The van der Waals surface area contributed by atoms with Gasteiger partial charge >= 0.3 is 6.09 Å². The SMILES string of the molecule is Cc1cc(CNC2CCN(C(=O)OC(C)(C)C)CC(C)(C)C2)no1. The fourth-order valence-corrected chi connectivity index (χ4v) is 3.15. The second-order valence-corrected chi connectivity index (χ2v) is 8.57. The van der Waals surface area contributed by atoms with E-state index in [2.05, 4.69) is 24.3 Å². The molecule has 1 atom stereocenters. The highest BCUT2D eigenvalue weighted by Crippen LogP contribution is 2.29. The van der Waals surface area contributed by atoms with Crippen molar-refractivity contribution in [1.82, 2.24) is 15.4 Å². The van der Waals surface area contributed by atoms with Gasteiger partial charge in [-0.05, 0) is 46.0 Å². The predicted molar refractivity (Wildman–Crippen MR) is 92.7 cm³/mol. The van der Waals surface area contributed by atoms with Crippen molar-refractivity contribution >= 4 is 6.09 Å². The average Bonchev–Trinajstić information content (AvgIpc) is 2.76. The number of amides is 1. The van der Waals surface area contributed by atoms with Crippen LogP contribution in [0.25, 0.3) is 0 Å². The molecule has 1 aromatic heterocycles. The molecule has 0 aromatic carbocycles. The Kier molecular flexibility index (Phi) is 5.58. The number of nitrogens with one attached hydrogen (secondary N) is 1. The third-order valence-electron chi connectivity index (χ3n) is 4.07. The molecule has 24 heavy (non-hydrogen) atoms. The summed E-state index contributed by atoms with van der Waals surface area (Å²) < 4.78 is 10.6. The molecule has 1 saturated heterocycles. The molecule has 1 aliphatic heterocycles. The largest absolute Gasteiger partial charge is 0.444 e. The lowest BCUT2D eigenvalue weighted by Gasteiger charge is -2.31. The van der Waals surface area contributed by atoms with E-state index in [1.165, 1.54) is 0 Å². The van der Waals surface area contributed by atoms with Crippen molar-refractivity contribution < 1.29 is 14.1 Å². The highest BCUT2D eigenvalue weighted by Gasteiger charge is 2.33. The Morgan fingerprint density at radius 3 is 2.79 bits per heavy atom. The zero-order chi connectivity index (χ0) is 18.0. The van der Waals surface area contributed by atoms with Crippen molar-refractivity contribution in [3.05, 3.63) is 17.5 Å². The summed E-state index contributed by atoms with van der Waals surface area (Å²) in [6, 6.07) is 2.28. The number of hydrogen-bond donors (Lipinski definition) is 1. The zero-order valence-electron chi connectivity index (χ0n) is 15.8. The van der Waals surface area contributed by atoms with Crippen LogP contribution < -0.4 is 5.32 Å². The van der Waals surface area contributed by atoms with E-state index in [1.54, 1.807) is 0 Å². The zero-order valence-corrected chi connectivity index (χ0v) is 15.8. The molecule has 1 N–H and O–H groups in total. The molecule has 0 spiro atoms. The molecule has 136 valence electrons. The number of ether oxygens (including phenoxy) is 1. The van der Waals surface area contributed by atoms with E-state index < -0.39 is 5.60 Å². The number of aryl methyl sites for hydroxylation is 1. The highest BCUT2D eigenvalue weighted by atomic mass is 16.6. The van der Waals surface area contributed by atoms with Crippen LogP contribution in [0.1, 0.15) is 58.9 Å². The summed E-state index contributed by atoms with van der Waals surface area (Å²) in [6.45, 7) is 14.1. The molecule has 6 nitrogen and oxygen atoms in total. The van der Waals surface area contributed by atoms with E-state index in [1.807, 2.05) is 38.7 Å². The van der Waals surface area contributed by atoms with Gasteiger partial charge in [-0.3, -0.25) is 0 Å². The number of likely N-dealkylation sites (tertiary alicyclic amines) is 1. The van der Waals surface area contributed by atoms with Gasteiger partial charge in [0.2, 0.25) is 0 Å². The second-order valence-electron chi connectivity index (χ2n) is 8.57. The smallest absolute Gasteiger partial charge is 0.410 e. The summed E-state index contributed by atoms with van der Waals surface area (Å²) in [5.41, 5.74) is 0.486. The van der Waals surface area contributed by atoms with Crippen molar-refractivity contribution in [3.8, 4) is 0 Å². The summed E-state index contributed by atoms with van der Waals surface area (Å²) >= 11 is 0. The van der Waals surface area contributed by atoms with E-state index >= 15 is 0 Å². The maximum Gasteiger partial charge on any atom is 0.410 e. The number of rotatable bonds is 3. The van der Waals surface area contributed by atoms with Gasteiger partial charge in [-0.1, -0.05) is 19.0 Å². The molecule has 0 radical (unpaired) electrons. The number of hydrogen-bond acceptors (Lipinski definition) is 5. The van der Waals surface area contributed by atoms with Crippen LogP contribution in [0.5, 0.6) is 0 Å². The van der Waals surface area contributed by atoms with Crippen molar-refractivity contribution in [2.75, 3.05) is 13.1 Å². The molecule has 1 unspecified atom stereocenters. The molecule has 1 fully saturated rings. The van der Waals surface area contributed by atoms with Crippen LogP contribution in [0.2, 0.25) is 0 Å². The Morgan fingerprint density at radius 2 is 2.21 bits per heavy atom. The summed E-state index contributed by atoms with van der Waals surface area (Å²) in [7, 11) is 0. The first-order valence-electron chi connectivity index (χ1n) is 8.68. The first kappa shape index (κ1) is 18.8. The van der Waals surface area contributed by atoms with Gasteiger partial charge in [0, 0.05) is 31.7 Å². The van der Waals surface area contributed by atoms with E-state index in [-0.39, 0.29) is 11.5 Å². The van der Waals surface area contributed by atoms with Gasteiger partial charge in [0.05, 0.1) is 5.69 Å². The second kappa shape index (κ2) is 7.13. The van der Waals surface area contributed by atoms with Gasteiger partial charge in [-0.15, -0.1) is 0 Å². The van der Waals surface area contributed by atoms with Crippen molar-refractivity contribution in [1.29, 1.82) is 0 Å². The maximum atomic E-state index is 12.4. The molecule has 0 aliphatic carbocycles. The molecule has 0 bridgehead atoms. The summed E-state index contributed by atoms with van der Waals surface area (Å²) in [5.74, 6) is 0.823. The van der Waals surface area contributed by atoms with Crippen LogP contribution in [0.3, 0.4) is 0 Å². The van der Waals surface area contributed by atoms with Gasteiger partial charge in [0.25, 0.3) is 0 Å². The molecule has 2 rings (SSSR count). The topological polar surface area (TPSA) is 67.6 Å². The first-order valence-corrected chi connectivity index (χ1v) is 8.68. The summed E-state index contributed by atoms with van der Waals surface area (Å²) in [5, 5.41) is 7.57. The van der Waals surface area contributed by atoms with Gasteiger partial charge in [-0.2, -0.15) is 0 Å². The Balaban J connectivity index is 1.94. The van der Waals surface area contributed by atoms with Gasteiger partial charge in [-0.25, -0.2) is 4.79 Å².